The Kier molecular flexibility index (Phi) is 6.64. The number of rotatable bonds is 4. The first-order valence-corrected chi connectivity index (χ1v) is 12.2. The molecule has 4 nitrogen and oxygen atoms in total. The molecule has 1 unspecified atom stereocenters. The first-order chi connectivity index (χ1) is 14.8. The van der Waals surface area contributed by atoms with Gasteiger partial charge in [-0.25, -0.2) is 4.39 Å². The number of benzene rings is 1. The lowest BCUT2D eigenvalue weighted by Crippen LogP contribution is -2.58. The van der Waals surface area contributed by atoms with Crippen molar-refractivity contribution in [2.45, 2.75) is 77.4 Å². The van der Waals surface area contributed by atoms with E-state index >= 15 is 0 Å². The third-order valence-corrected chi connectivity index (χ3v) is 8.71. The quantitative estimate of drug-likeness (QED) is 0.765. The van der Waals surface area contributed by atoms with Crippen LogP contribution in [-0.4, -0.2) is 66.7 Å². The molecule has 1 aromatic rings. The van der Waals surface area contributed by atoms with Crippen LogP contribution in [0.1, 0.15) is 64.0 Å². The van der Waals surface area contributed by atoms with Gasteiger partial charge in [-0.05, 0) is 94.6 Å². The third kappa shape index (κ3) is 4.36. The van der Waals surface area contributed by atoms with Crippen molar-refractivity contribution in [1.29, 1.82) is 0 Å². The van der Waals surface area contributed by atoms with Crippen molar-refractivity contribution in [2.75, 3.05) is 39.8 Å². The van der Waals surface area contributed by atoms with E-state index in [1.807, 2.05) is 6.07 Å². The summed E-state index contributed by atoms with van der Waals surface area (Å²) >= 11 is 0. The maximum atomic E-state index is 14.0. The van der Waals surface area contributed by atoms with Gasteiger partial charge in [0.15, 0.2) is 0 Å². The van der Waals surface area contributed by atoms with Crippen molar-refractivity contribution in [1.82, 2.24) is 20.0 Å². The van der Waals surface area contributed by atoms with Gasteiger partial charge >= 0.3 is 0 Å². The molecule has 0 saturated carbocycles. The average molecular weight is 429 g/mol. The molecule has 0 amide bonds. The fourth-order valence-corrected chi connectivity index (χ4v) is 6.22. The molecule has 0 aliphatic carbocycles. The summed E-state index contributed by atoms with van der Waals surface area (Å²) in [5.74, 6) is -0.0920. The van der Waals surface area contributed by atoms with Crippen LogP contribution in [0.15, 0.2) is 29.6 Å². The Morgan fingerprint density at radius 1 is 1.03 bits per heavy atom. The number of piperidine rings is 2. The van der Waals surface area contributed by atoms with Crippen molar-refractivity contribution in [3.8, 4) is 0 Å². The standard InChI is InChI=1S/C26H41FN4/c1-6-26(24-17-22(27)8-7-19(24)2)11-15-30(16-12-26)23-9-13-31(14-10-23)25-18-28-20(3)21(4)29(25)5/h7-8,17,23,25,28H,6,9-16,18H2,1-5H3. The third-order valence-electron chi connectivity index (χ3n) is 8.71. The zero-order chi connectivity index (χ0) is 22.2. The Labute approximate surface area is 188 Å². The fraction of sp³-hybridized carbons (Fsp3) is 0.692. The van der Waals surface area contributed by atoms with Gasteiger partial charge in [-0.15, -0.1) is 0 Å². The van der Waals surface area contributed by atoms with Crippen molar-refractivity contribution in [2.24, 2.45) is 0 Å². The van der Waals surface area contributed by atoms with E-state index in [9.17, 15) is 4.39 Å². The predicted molar refractivity (Wildman–Crippen MR) is 126 cm³/mol. The monoisotopic (exact) mass is 428 g/mol. The van der Waals surface area contributed by atoms with E-state index in [0.717, 1.165) is 38.9 Å². The number of allylic oxidation sites excluding steroid dienone is 2. The lowest BCUT2D eigenvalue weighted by Gasteiger charge is -2.49. The van der Waals surface area contributed by atoms with Crippen LogP contribution in [-0.2, 0) is 5.41 Å². The van der Waals surface area contributed by atoms with Crippen LogP contribution in [0.2, 0.25) is 0 Å². The van der Waals surface area contributed by atoms with Gasteiger partial charge in [-0.3, -0.25) is 4.90 Å². The van der Waals surface area contributed by atoms with E-state index in [2.05, 4.69) is 54.8 Å². The summed E-state index contributed by atoms with van der Waals surface area (Å²) in [5.41, 5.74) is 5.29. The van der Waals surface area contributed by atoms with E-state index in [-0.39, 0.29) is 11.2 Å². The van der Waals surface area contributed by atoms with Gasteiger partial charge in [0.2, 0.25) is 0 Å². The van der Waals surface area contributed by atoms with Crippen LogP contribution in [0.3, 0.4) is 0 Å². The van der Waals surface area contributed by atoms with Gasteiger partial charge in [0, 0.05) is 44.1 Å². The number of hydrogen-bond donors (Lipinski definition) is 1. The summed E-state index contributed by atoms with van der Waals surface area (Å²) in [6.45, 7) is 14.5. The summed E-state index contributed by atoms with van der Waals surface area (Å²) in [6, 6.07) is 6.06. The highest BCUT2D eigenvalue weighted by atomic mass is 19.1. The van der Waals surface area contributed by atoms with Gasteiger partial charge in [0.1, 0.15) is 5.82 Å². The molecule has 0 aromatic heterocycles. The van der Waals surface area contributed by atoms with Crippen LogP contribution in [0, 0.1) is 12.7 Å². The van der Waals surface area contributed by atoms with E-state index in [0.29, 0.717) is 12.2 Å². The van der Waals surface area contributed by atoms with Crippen LogP contribution in [0.5, 0.6) is 0 Å². The molecule has 31 heavy (non-hydrogen) atoms. The molecule has 2 saturated heterocycles. The highest BCUT2D eigenvalue weighted by molar-refractivity contribution is 5.34. The SMILES string of the molecule is CCC1(c2cc(F)ccc2C)CCN(C2CCN(C3CNC(C)=C(C)N3C)CC2)CC1. The molecule has 172 valence electrons. The minimum absolute atomic E-state index is 0.0920. The van der Waals surface area contributed by atoms with Crippen molar-refractivity contribution in [3.63, 3.8) is 0 Å². The van der Waals surface area contributed by atoms with Crippen LogP contribution in [0.4, 0.5) is 4.39 Å². The Hall–Kier alpha value is -1.59. The lowest BCUT2D eigenvalue weighted by atomic mass is 9.69. The summed E-state index contributed by atoms with van der Waals surface area (Å²) in [4.78, 5) is 7.85. The molecular formula is C26H41FN4. The first-order valence-electron chi connectivity index (χ1n) is 12.2. The van der Waals surface area contributed by atoms with Gasteiger partial charge in [-0.1, -0.05) is 13.0 Å². The molecule has 1 atom stereocenters. The Morgan fingerprint density at radius 2 is 1.71 bits per heavy atom. The second kappa shape index (κ2) is 9.11. The van der Waals surface area contributed by atoms with Gasteiger partial charge in [0.05, 0.1) is 6.17 Å². The maximum absolute atomic E-state index is 14.0. The first kappa shape index (κ1) is 22.6. The topological polar surface area (TPSA) is 21.8 Å². The zero-order valence-electron chi connectivity index (χ0n) is 20.2. The summed E-state index contributed by atoms with van der Waals surface area (Å²) in [7, 11) is 2.24. The second-order valence-corrected chi connectivity index (χ2v) is 10.1. The van der Waals surface area contributed by atoms with Gasteiger partial charge < -0.3 is 15.1 Å². The molecule has 4 rings (SSSR count). The van der Waals surface area contributed by atoms with Crippen molar-refractivity contribution in [3.05, 3.63) is 46.5 Å². The molecule has 5 heteroatoms. The number of nitrogens with one attached hydrogen (secondary N) is 1. The Bertz CT molecular complexity index is 804. The number of likely N-dealkylation sites (tertiary alicyclic amines) is 2. The van der Waals surface area contributed by atoms with E-state index in [1.54, 1.807) is 12.1 Å². The smallest absolute Gasteiger partial charge is 0.123 e. The summed E-state index contributed by atoms with van der Waals surface area (Å²) < 4.78 is 14.0. The molecule has 0 spiro atoms. The average Bonchev–Trinajstić information content (AvgIpc) is 2.79. The fourth-order valence-electron chi connectivity index (χ4n) is 6.22. The summed E-state index contributed by atoms with van der Waals surface area (Å²) in [5, 5.41) is 3.58. The molecule has 0 radical (unpaired) electrons. The maximum Gasteiger partial charge on any atom is 0.123 e. The number of likely N-dealkylation sites (N-methyl/N-ethyl adjacent to an activating group) is 1. The van der Waals surface area contributed by atoms with E-state index in [1.165, 1.54) is 48.5 Å². The molecule has 1 N–H and O–H groups in total. The molecule has 3 aliphatic heterocycles. The number of aryl methyl sites for hydroxylation is 1. The minimum Gasteiger partial charge on any atom is -0.384 e. The van der Waals surface area contributed by atoms with Crippen LogP contribution in [0.25, 0.3) is 0 Å². The minimum atomic E-state index is -0.0920. The molecular weight excluding hydrogens is 387 g/mol. The van der Waals surface area contributed by atoms with Crippen LogP contribution >= 0.6 is 0 Å². The Balaban J connectivity index is 1.35. The number of hydrogen-bond acceptors (Lipinski definition) is 4. The van der Waals surface area contributed by atoms with Crippen molar-refractivity contribution >= 4 is 0 Å². The number of nitrogens with zero attached hydrogens (tertiary/aromatic N) is 3. The van der Waals surface area contributed by atoms with E-state index < -0.39 is 0 Å². The highest BCUT2D eigenvalue weighted by Crippen LogP contribution is 2.41. The Morgan fingerprint density at radius 3 is 2.35 bits per heavy atom. The van der Waals surface area contributed by atoms with Gasteiger partial charge in [0.25, 0.3) is 0 Å². The largest absolute Gasteiger partial charge is 0.384 e. The normalized spacial score (nSPS) is 26.3. The zero-order valence-corrected chi connectivity index (χ0v) is 20.2. The number of halogens is 1. The molecule has 1 aromatic carbocycles. The molecule has 2 fully saturated rings. The molecule has 3 aliphatic rings. The predicted octanol–water partition coefficient (Wildman–Crippen LogP) is 4.45. The lowest BCUT2D eigenvalue weighted by molar-refractivity contribution is 0.0165. The molecule has 3 heterocycles. The van der Waals surface area contributed by atoms with Crippen molar-refractivity contribution < 1.29 is 4.39 Å². The highest BCUT2D eigenvalue weighted by Gasteiger charge is 2.39. The second-order valence-electron chi connectivity index (χ2n) is 10.1. The van der Waals surface area contributed by atoms with Gasteiger partial charge in [-0.2, -0.15) is 0 Å². The molecule has 0 bridgehead atoms. The van der Waals surface area contributed by atoms with Crippen LogP contribution < -0.4 is 5.32 Å². The summed E-state index contributed by atoms with van der Waals surface area (Å²) in [6.07, 6.45) is 6.36. The van der Waals surface area contributed by atoms with E-state index in [4.69, 9.17) is 0 Å².